The highest BCUT2D eigenvalue weighted by molar-refractivity contribution is 7.99. The molecule has 3 nitrogen and oxygen atoms in total. The number of carbonyl (C=O) groups excluding carboxylic acids is 1. The van der Waals surface area contributed by atoms with Crippen molar-refractivity contribution in [1.29, 1.82) is 0 Å². The summed E-state index contributed by atoms with van der Waals surface area (Å²) in [7, 11) is 0. The molecule has 0 bridgehead atoms. The second-order valence-electron chi connectivity index (χ2n) is 6.68. The lowest BCUT2D eigenvalue weighted by Gasteiger charge is -2.30. The Kier molecular flexibility index (Phi) is 7.38. The van der Waals surface area contributed by atoms with E-state index in [1.54, 1.807) is 0 Å². The second-order valence-corrected chi connectivity index (χ2v) is 8.26. The van der Waals surface area contributed by atoms with Crippen LogP contribution in [0.1, 0.15) is 52.4 Å². The summed E-state index contributed by atoms with van der Waals surface area (Å²) >= 11 is 2.03. The van der Waals surface area contributed by atoms with E-state index in [1.165, 1.54) is 32.1 Å². The lowest BCUT2D eigenvalue weighted by molar-refractivity contribution is -0.132. The van der Waals surface area contributed by atoms with Crippen LogP contribution in [0.4, 0.5) is 0 Å². The smallest absolute Gasteiger partial charge is 0.222 e. The van der Waals surface area contributed by atoms with Crippen LogP contribution < -0.4 is 5.32 Å². The molecule has 2 aliphatic rings. The molecular formula is C17H32N2OS. The number of nitrogens with zero attached hydrogens (tertiary/aromatic N) is 1. The number of thioether (sulfide) groups is 1. The third kappa shape index (κ3) is 5.48. The van der Waals surface area contributed by atoms with Gasteiger partial charge in [0.05, 0.1) is 0 Å². The molecule has 2 aliphatic heterocycles. The van der Waals surface area contributed by atoms with Crippen molar-refractivity contribution in [2.75, 3.05) is 31.9 Å². The molecule has 2 saturated heterocycles. The third-order valence-corrected chi connectivity index (χ3v) is 6.26. The van der Waals surface area contributed by atoms with Crippen molar-refractivity contribution in [1.82, 2.24) is 10.2 Å². The monoisotopic (exact) mass is 312 g/mol. The lowest BCUT2D eigenvalue weighted by Crippen LogP contribution is -2.38. The first-order chi connectivity index (χ1) is 10.2. The van der Waals surface area contributed by atoms with Crippen molar-refractivity contribution in [3.63, 3.8) is 0 Å². The van der Waals surface area contributed by atoms with Crippen molar-refractivity contribution in [2.24, 2.45) is 11.8 Å². The zero-order valence-corrected chi connectivity index (χ0v) is 14.6. The summed E-state index contributed by atoms with van der Waals surface area (Å²) in [5.41, 5.74) is 0. The van der Waals surface area contributed by atoms with Crippen LogP contribution in [-0.2, 0) is 4.79 Å². The molecule has 2 fully saturated rings. The molecule has 0 aliphatic carbocycles. The molecular weight excluding hydrogens is 280 g/mol. The number of likely N-dealkylation sites (tertiary alicyclic amines) is 1. The average Bonchev–Trinajstić information content (AvgIpc) is 2.74. The summed E-state index contributed by atoms with van der Waals surface area (Å²) in [6, 6.07) is 0. The molecule has 0 radical (unpaired) electrons. The number of nitrogens with one attached hydrogen (secondary N) is 1. The van der Waals surface area contributed by atoms with Gasteiger partial charge in [-0.1, -0.05) is 20.3 Å². The first kappa shape index (κ1) is 17.1. The predicted molar refractivity (Wildman–Crippen MR) is 91.7 cm³/mol. The fourth-order valence-corrected chi connectivity index (χ4v) is 4.78. The summed E-state index contributed by atoms with van der Waals surface area (Å²) in [5, 5.41) is 4.08. The Balaban J connectivity index is 1.82. The molecule has 122 valence electrons. The maximum absolute atomic E-state index is 12.7. The average molecular weight is 313 g/mol. The molecule has 2 unspecified atom stereocenters. The Hall–Kier alpha value is -0.220. The molecule has 21 heavy (non-hydrogen) atoms. The van der Waals surface area contributed by atoms with Crippen molar-refractivity contribution in [3.05, 3.63) is 0 Å². The Bertz CT molecular complexity index is 318. The van der Waals surface area contributed by atoms with Crippen molar-refractivity contribution in [2.45, 2.75) is 57.6 Å². The third-order valence-electron chi connectivity index (χ3n) is 5.07. The highest BCUT2D eigenvalue weighted by atomic mass is 32.2. The molecule has 2 rings (SSSR count). The van der Waals surface area contributed by atoms with Gasteiger partial charge >= 0.3 is 0 Å². The Morgan fingerprint density at radius 3 is 2.76 bits per heavy atom. The maximum Gasteiger partial charge on any atom is 0.222 e. The normalized spacial score (nSPS) is 26.4. The summed E-state index contributed by atoms with van der Waals surface area (Å²) in [6.07, 6.45) is 6.99. The van der Waals surface area contributed by atoms with Gasteiger partial charge in [0, 0.05) is 24.8 Å². The van der Waals surface area contributed by atoms with E-state index < -0.39 is 0 Å². The van der Waals surface area contributed by atoms with E-state index in [2.05, 4.69) is 24.1 Å². The zero-order chi connectivity index (χ0) is 15.1. The highest BCUT2D eigenvalue weighted by Crippen LogP contribution is 2.27. The Morgan fingerprint density at radius 2 is 2.05 bits per heavy atom. The van der Waals surface area contributed by atoms with Crippen LogP contribution in [0.5, 0.6) is 0 Å². The van der Waals surface area contributed by atoms with Gasteiger partial charge in [0.15, 0.2) is 0 Å². The van der Waals surface area contributed by atoms with E-state index in [9.17, 15) is 4.79 Å². The standard InChI is InChI=1S/C17H32N2OS/c1-3-21-16-6-4-5-11-19(13-16)17(20)12-14(2)15-7-9-18-10-8-15/h14-16,18H,3-13H2,1-2H3. The van der Waals surface area contributed by atoms with E-state index >= 15 is 0 Å². The van der Waals surface area contributed by atoms with Gasteiger partial charge in [-0.2, -0.15) is 11.8 Å². The van der Waals surface area contributed by atoms with Gasteiger partial charge in [0.1, 0.15) is 0 Å². The largest absolute Gasteiger partial charge is 0.342 e. The summed E-state index contributed by atoms with van der Waals surface area (Å²) in [4.78, 5) is 14.8. The van der Waals surface area contributed by atoms with Gasteiger partial charge in [-0.05, 0) is 56.4 Å². The van der Waals surface area contributed by atoms with Crippen LogP contribution in [0, 0.1) is 11.8 Å². The van der Waals surface area contributed by atoms with Gasteiger partial charge in [-0.3, -0.25) is 4.79 Å². The predicted octanol–water partition coefficient (Wildman–Crippen LogP) is 3.15. The number of rotatable bonds is 5. The fraction of sp³-hybridized carbons (Fsp3) is 0.941. The summed E-state index contributed by atoms with van der Waals surface area (Å²) < 4.78 is 0. The van der Waals surface area contributed by atoms with E-state index in [-0.39, 0.29) is 0 Å². The lowest BCUT2D eigenvalue weighted by atomic mass is 9.84. The molecule has 1 N–H and O–H groups in total. The molecule has 2 heterocycles. The van der Waals surface area contributed by atoms with Gasteiger partial charge in [0.2, 0.25) is 5.91 Å². The number of hydrogen-bond donors (Lipinski definition) is 1. The van der Waals surface area contributed by atoms with Gasteiger partial charge < -0.3 is 10.2 Å². The minimum Gasteiger partial charge on any atom is -0.342 e. The van der Waals surface area contributed by atoms with Crippen LogP contribution >= 0.6 is 11.8 Å². The Morgan fingerprint density at radius 1 is 1.29 bits per heavy atom. The second kappa shape index (κ2) is 9.04. The van der Waals surface area contributed by atoms with Crippen LogP contribution in [0.25, 0.3) is 0 Å². The quantitative estimate of drug-likeness (QED) is 0.846. The summed E-state index contributed by atoms with van der Waals surface area (Å²) in [5.74, 6) is 2.85. The van der Waals surface area contributed by atoms with Gasteiger partial charge in [-0.25, -0.2) is 0 Å². The molecule has 0 aromatic rings. The molecule has 4 heteroatoms. The molecule has 0 aromatic carbocycles. The number of piperidine rings is 1. The molecule has 0 aromatic heterocycles. The SMILES string of the molecule is CCSC1CCCCN(C(=O)CC(C)C2CCNCC2)C1. The van der Waals surface area contributed by atoms with Crippen LogP contribution in [0.2, 0.25) is 0 Å². The van der Waals surface area contributed by atoms with Crippen LogP contribution in [-0.4, -0.2) is 48.0 Å². The van der Waals surface area contributed by atoms with E-state index in [4.69, 9.17) is 0 Å². The first-order valence-electron chi connectivity index (χ1n) is 8.80. The molecule has 1 amide bonds. The molecule has 0 saturated carbocycles. The minimum absolute atomic E-state index is 0.407. The summed E-state index contributed by atoms with van der Waals surface area (Å²) in [6.45, 7) is 8.73. The number of carbonyl (C=O) groups is 1. The van der Waals surface area contributed by atoms with Crippen molar-refractivity contribution in [3.8, 4) is 0 Å². The molecule has 0 spiro atoms. The molecule has 2 atom stereocenters. The number of hydrogen-bond acceptors (Lipinski definition) is 3. The van der Waals surface area contributed by atoms with Crippen LogP contribution in [0.15, 0.2) is 0 Å². The van der Waals surface area contributed by atoms with Crippen molar-refractivity contribution >= 4 is 17.7 Å². The Labute approximate surface area is 134 Å². The topological polar surface area (TPSA) is 32.3 Å². The highest BCUT2D eigenvalue weighted by Gasteiger charge is 2.26. The van der Waals surface area contributed by atoms with E-state index in [1.807, 2.05) is 11.8 Å². The minimum atomic E-state index is 0.407. The first-order valence-corrected chi connectivity index (χ1v) is 9.85. The van der Waals surface area contributed by atoms with E-state index in [0.29, 0.717) is 17.1 Å². The maximum atomic E-state index is 12.7. The van der Waals surface area contributed by atoms with Gasteiger partial charge in [0.25, 0.3) is 0 Å². The van der Waals surface area contributed by atoms with Crippen molar-refractivity contribution < 1.29 is 4.79 Å². The fourth-order valence-electron chi connectivity index (χ4n) is 3.69. The zero-order valence-electron chi connectivity index (χ0n) is 13.8. The number of amides is 1. The van der Waals surface area contributed by atoms with E-state index in [0.717, 1.165) is 44.3 Å². The van der Waals surface area contributed by atoms with Crippen LogP contribution in [0.3, 0.4) is 0 Å². The van der Waals surface area contributed by atoms with Gasteiger partial charge in [-0.15, -0.1) is 0 Å².